The van der Waals surface area contributed by atoms with E-state index in [9.17, 15) is 24.3 Å². The summed E-state index contributed by atoms with van der Waals surface area (Å²) in [6, 6.07) is 4.95. The van der Waals surface area contributed by atoms with E-state index in [1.807, 2.05) is 47.6 Å². The van der Waals surface area contributed by atoms with Gasteiger partial charge in [-0.3, -0.25) is 29.0 Å². The number of amides is 4. The zero-order chi connectivity index (χ0) is 27.2. The van der Waals surface area contributed by atoms with Gasteiger partial charge in [0.2, 0.25) is 23.6 Å². The van der Waals surface area contributed by atoms with E-state index in [0.717, 1.165) is 5.57 Å². The molecule has 4 amide bonds. The first kappa shape index (κ1) is 25.5. The van der Waals surface area contributed by atoms with Gasteiger partial charge in [-0.2, -0.15) is 0 Å². The number of phenolic OH excluding ortho intramolecular Hbond substituents is 1. The molecule has 8 heteroatoms. The average Bonchev–Trinajstić information content (AvgIpc) is 3.21. The van der Waals surface area contributed by atoms with Gasteiger partial charge in [-0.25, -0.2) is 0 Å². The monoisotopic (exact) mass is 508 g/mol. The molecule has 37 heavy (non-hydrogen) atoms. The molecule has 5 rings (SSSR count). The number of allylic oxidation sites excluding steroid dienone is 2. The fraction of sp³-hybridized carbons (Fsp3) is 0.586. The molecule has 8 nitrogen and oxygen atoms in total. The number of rotatable bonds is 2. The Labute approximate surface area is 217 Å². The highest BCUT2D eigenvalue weighted by Gasteiger charge is 2.64. The van der Waals surface area contributed by atoms with E-state index in [1.54, 1.807) is 18.2 Å². The van der Waals surface area contributed by atoms with Crippen LogP contribution in [0, 0.1) is 29.6 Å². The lowest BCUT2D eigenvalue weighted by Gasteiger charge is -2.44. The number of carbonyl (C=O) groups excluding carboxylic acids is 4. The lowest BCUT2D eigenvalue weighted by molar-refractivity contribution is -0.147. The highest BCUT2D eigenvalue weighted by atomic mass is 16.5. The van der Waals surface area contributed by atoms with Gasteiger partial charge in [-0.15, -0.1) is 0 Å². The maximum absolute atomic E-state index is 13.9. The number of imide groups is 2. The van der Waals surface area contributed by atoms with Crippen LogP contribution in [0.3, 0.4) is 0 Å². The summed E-state index contributed by atoms with van der Waals surface area (Å²) >= 11 is 0. The minimum atomic E-state index is -0.723. The summed E-state index contributed by atoms with van der Waals surface area (Å²) in [6.07, 6.45) is 2.67. The van der Waals surface area contributed by atoms with Crippen LogP contribution in [0.5, 0.6) is 11.5 Å². The highest BCUT2D eigenvalue weighted by molar-refractivity contribution is 6.08. The minimum Gasteiger partial charge on any atom is -0.508 e. The fourth-order valence-corrected chi connectivity index (χ4v) is 7.26. The summed E-state index contributed by atoms with van der Waals surface area (Å²) in [6.45, 7) is 11.0. The first-order valence-corrected chi connectivity index (χ1v) is 13.0. The average molecular weight is 509 g/mol. The van der Waals surface area contributed by atoms with Crippen LogP contribution < -0.4 is 4.74 Å². The Morgan fingerprint density at radius 1 is 0.811 bits per heavy atom. The number of fused-ring (bicyclic) bond motifs is 4. The molecule has 2 heterocycles. The molecule has 0 aromatic heterocycles. The van der Waals surface area contributed by atoms with Crippen LogP contribution in [0.25, 0.3) is 0 Å². The van der Waals surface area contributed by atoms with Crippen LogP contribution in [0.1, 0.15) is 65.9 Å². The van der Waals surface area contributed by atoms with Crippen molar-refractivity contribution in [2.24, 2.45) is 29.6 Å². The van der Waals surface area contributed by atoms with Crippen molar-refractivity contribution in [3.63, 3.8) is 0 Å². The molecule has 2 aliphatic carbocycles. The van der Waals surface area contributed by atoms with Crippen LogP contribution >= 0.6 is 0 Å². The molecule has 198 valence electrons. The first-order chi connectivity index (χ1) is 17.2. The molecule has 1 aromatic rings. The quantitative estimate of drug-likeness (QED) is 0.483. The van der Waals surface area contributed by atoms with E-state index in [2.05, 4.69) is 0 Å². The second-order valence-corrected chi connectivity index (χ2v) is 12.8. The van der Waals surface area contributed by atoms with Crippen LogP contribution in [0.15, 0.2) is 29.8 Å². The van der Waals surface area contributed by atoms with Crippen molar-refractivity contribution in [3.8, 4) is 11.5 Å². The molecule has 1 aromatic carbocycles. The van der Waals surface area contributed by atoms with E-state index in [4.69, 9.17) is 4.74 Å². The Hall–Kier alpha value is -3.16. The molecular formula is C29H36N2O6. The van der Waals surface area contributed by atoms with E-state index >= 15 is 0 Å². The van der Waals surface area contributed by atoms with E-state index in [1.165, 1.54) is 16.9 Å². The normalized spacial score (nSPS) is 31.8. The van der Waals surface area contributed by atoms with E-state index in [-0.39, 0.29) is 29.4 Å². The lowest BCUT2D eigenvalue weighted by Crippen LogP contribution is -2.47. The zero-order valence-corrected chi connectivity index (χ0v) is 22.6. The maximum Gasteiger partial charge on any atom is 0.234 e. The molecule has 2 aliphatic heterocycles. The highest BCUT2D eigenvalue weighted by Crippen LogP contribution is 2.60. The molecule has 2 saturated heterocycles. The molecule has 1 saturated carbocycles. The Balaban J connectivity index is 1.70. The van der Waals surface area contributed by atoms with Crippen LogP contribution in [0.4, 0.5) is 0 Å². The summed E-state index contributed by atoms with van der Waals surface area (Å²) in [7, 11) is 1.50. The maximum atomic E-state index is 13.9. The Kier molecular flexibility index (Phi) is 5.63. The van der Waals surface area contributed by atoms with Gasteiger partial charge in [0.25, 0.3) is 0 Å². The SMILES string of the molecule is COc1cccc(O)c1C1C2=CCC3C(=O)N(C(C)(C)C)C(=O)C3C2CC2C(=O)N(C(C)(C)C)C(=O)C21. The summed E-state index contributed by atoms with van der Waals surface area (Å²) < 4.78 is 5.62. The van der Waals surface area contributed by atoms with Crippen LogP contribution in [0.2, 0.25) is 0 Å². The number of carbonyl (C=O) groups is 4. The lowest BCUT2D eigenvalue weighted by atomic mass is 9.57. The predicted octanol–water partition coefficient (Wildman–Crippen LogP) is 3.63. The van der Waals surface area contributed by atoms with Gasteiger partial charge in [0.05, 0.1) is 30.8 Å². The van der Waals surface area contributed by atoms with Gasteiger partial charge in [-0.1, -0.05) is 17.7 Å². The van der Waals surface area contributed by atoms with Crippen molar-refractivity contribution >= 4 is 23.6 Å². The third-order valence-corrected chi connectivity index (χ3v) is 8.56. The minimum absolute atomic E-state index is 0.0219. The fourth-order valence-electron chi connectivity index (χ4n) is 7.26. The summed E-state index contributed by atoms with van der Waals surface area (Å²) in [5, 5.41) is 11.0. The number of hydrogen-bond acceptors (Lipinski definition) is 6. The van der Waals surface area contributed by atoms with Crippen molar-refractivity contribution in [2.45, 2.75) is 71.4 Å². The van der Waals surface area contributed by atoms with Gasteiger partial charge in [-0.05, 0) is 72.4 Å². The molecule has 6 unspecified atom stereocenters. The Morgan fingerprint density at radius 2 is 1.38 bits per heavy atom. The Morgan fingerprint density at radius 3 is 1.95 bits per heavy atom. The molecule has 0 bridgehead atoms. The number of nitrogens with zero attached hydrogens (tertiary/aromatic N) is 2. The standard InChI is InChI=1S/C29H36N2O6/c1-28(2,3)30-24(33)15-12-11-14-16(20(15)26(30)35)13-17-22(27(36)31(25(17)34)29(4,5)6)21(14)23-18(32)9-8-10-19(23)37-7/h8-11,15-17,20-22,32H,12-13H2,1-7H3. The van der Waals surface area contributed by atoms with Gasteiger partial charge >= 0.3 is 0 Å². The number of aromatic hydroxyl groups is 1. The van der Waals surface area contributed by atoms with Crippen LogP contribution in [-0.2, 0) is 19.2 Å². The second kappa shape index (κ2) is 8.17. The molecule has 1 N–H and O–H groups in total. The number of hydrogen-bond donors (Lipinski definition) is 1. The van der Waals surface area contributed by atoms with Gasteiger partial charge < -0.3 is 9.84 Å². The topological polar surface area (TPSA) is 104 Å². The van der Waals surface area contributed by atoms with Crippen molar-refractivity contribution in [1.29, 1.82) is 0 Å². The van der Waals surface area contributed by atoms with Gasteiger partial charge in [0, 0.05) is 22.6 Å². The van der Waals surface area contributed by atoms with E-state index in [0.29, 0.717) is 24.2 Å². The third-order valence-electron chi connectivity index (χ3n) is 8.56. The zero-order valence-electron chi connectivity index (χ0n) is 22.6. The third kappa shape index (κ3) is 3.55. The van der Waals surface area contributed by atoms with Crippen molar-refractivity contribution < 1.29 is 29.0 Å². The molecule has 0 radical (unpaired) electrons. The van der Waals surface area contributed by atoms with Crippen LogP contribution in [-0.4, -0.2) is 56.7 Å². The van der Waals surface area contributed by atoms with Gasteiger partial charge in [0.15, 0.2) is 0 Å². The Bertz CT molecular complexity index is 1240. The molecule has 6 atom stereocenters. The summed E-state index contributed by atoms with van der Waals surface area (Å²) in [5.74, 6) is -4.03. The second-order valence-electron chi connectivity index (χ2n) is 12.8. The number of likely N-dealkylation sites (tertiary alicyclic amines) is 2. The van der Waals surface area contributed by atoms with Crippen molar-refractivity contribution in [2.75, 3.05) is 7.11 Å². The predicted molar refractivity (Wildman–Crippen MR) is 135 cm³/mol. The van der Waals surface area contributed by atoms with E-state index < -0.39 is 46.6 Å². The number of phenols is 1. The number of benzene rings is 1. The van der Waals surface area contributed by atoms with Crippen molar-refractivity contribution in [1.82, 2.24) is 9.80 Å². The largest absolute Gasteiger partial charge is 0.508 e. The molecule has 3 fully saturated rings. The van der Waals surface area contributed by atoms with Gasteiger partial charge in [0.1, 0.15) is 11.5 Å². The number of ether oxygens (including phenoxy) is 1. The molecule has 4 aliphatic rings. The summed E-state index contributed by atoms with van der Waals surface area (Å²) in [5.41, 5.74) is -0.0824. The first-order valence-electron chi connectivity index (χ1n) is 13.0. The molecule has 0 spiro atoms. The number of methoxy groups -OCH3 is 1. The smallest absolute Gasteiger partial charge is 0.234 e. The molecular weight excluding hydrogens is 472 g/mol. The van der Waals surface area contributed by atoms with Crippen molar-refractivity contribution in [3.05, 3.63) is 35.4 Å². The summed E-state index contributed by atoms with van der Waals surface area (Å²) in [4.78, 5) is 57.6.